The van der Waals surface area contributed by atoms with Crippen molar-refractivity contribution in [2.24, 2.45) is 0 Å². The fraction of sp³-hybridized carbons (Fsp3) is 0.500. The van der Waals surface area contributed by atoms with Gasteiger partial charge in [-0.2, -0.15) is 0 Å². The molecule has 1 saturated heterocycles. The summed E-state index contributed by atoms with van der Waals surface area (Å²) < 4.78 is 2.95. The molecule has 2 aromatic rings. The highest BCUT2D eigenvalue weighted by Crippen LogP contribution is 2.19. The Kier molecular flexibility index (Phi) is 3.91. The molecule has 1 fully saturated rings. The van der Waals surface area contributed by atoms with Crippen LogP contribution in [0.1, 0.15) is 19.3 Å². The topological polar surface area (TPSA) is 24.0 Å². The van der Waals surface area contributed by atoms with E-state index in [0.29, 0.717) is 0 Å². The fourth-order valence-electron chi connectivity index (χ4n) is 2.81. The molecular formula is C14H18ClN3S. The maximum absolute atomic E-state index is 6.07. The van der Waals surface area contributed by atoms with Gasteiger partial charge in [-0.25, -0.2) is 0 Å². The Morgan fingerprint density at radius 2 is 2.00 bits per heavy atom. The van der Waals surface area contributed by atoms with Crippen LogP contribution in [-0.4, -0.2) is 34.1 Å². The van der Waals surface area contributed by atoms with Gasteiger partial charge in [0, 0.05) is 11.6 Å². The van der Waals surface area contributed by atoms with Crippen LogP contribution in [0.4, 0.5) is 0 Å². The molecule has 0 bridgehead atoms. The molecule has 3 rings (SSSR count). The lowest BCUT2D eigenvalue weighted by molar-refractivity contribution is 0.326. The van der Waals surface area contributed by atoms with E-state index in [9.17, 15) is 0 Å². The predicted molar refractivity (Wildman–Crippen MR) is 82.4 cm³/mol. The van der Waals surface area contributed by atoms with Gasteiger partial charge in [-0.15, -0.1) is 0 Å². The van der Waals surface area contributed by atoms with Crippen molar-refractivity contribution >= 4 is 34.9 Å². The molecule has 3 nitrogen and oxygen atoms in total. The van der Waals surface area contributed by atoms with E-state index in [4.69, 9.17) is 23.8 Å². The molecule has 0 amide bonds. The van der Waals surface area contributed by atoms with Crippen molar-refractivity contribution in [2.45, 2.75) is 25.8 Å². The van der Waals surface area contributed by atoms with Crippen molar-refractivity contribution in [3.63, 3.8) is 0 Å². The molecule has 19 heavy (non-hydrogen) atoms. The van der Waals surface area contributed by atoms with E-state index in [-0.39, 0.29) is 0 Å². The van der Waals surface area contributed by atoms with Crippen molar-refractivity contribution in [1.82, 2.24) is 14.5 Å². The van der Waals surface area contributed by atoms with Gasteiger partial charge in [-0.05, 0) is 69.3 Å². The molecule has 1 aliphatic rings. The van der Waals surface area contributed by atoms with Crippen molar-refractivity contribution in [3.8, 4) is 0 Å². The fourth-order valence-corrected chi connectivity index (χ4v) is 3.27. The van der Waals surface area contributed by atoms with E-state index >= 15 is 0 Å². The standard InChI is InChI=1S/C14H18ClN3S/c15-11-4-5-12-13(10-11)18(14(19)16-12)9-3-8-17-6-1-2-7-17/h4-5,10H,1-3,6-9H2,(H,16,19). The quantitative estimate of drug-likeness (QED) is 0.867. The molecule has 0 aliphatic carbocycles. The van der Waals surface area contributed by atoms with E-state index in [1.54, 1.807) is 0 Å². The van der Waals surface area contributed by atoms with E-state index in [0.717, 1.165) is 40.3 Å². The summed E-state index contributed by atoms with van der Waals surface area (Å²) in [6.45, 7) is 4.63. The van der Waals surface area contributed by atoms with Crippen LogP contribution in [-0.2, 0) is 6.54 Å². The number of nitrogens with one attached hydrogen (secondary N) is 1. The zero-order valence-corrected chi connectivity index (χ0v) is 12.4. The lowest BCUT2D eigenvalue weighted by Crippen LogP contribution is -2.21. The molecule has 1 aromatic heterocycles. The molecule has 5 heteroatoms. The van der Waals surface area contributed by atoms with Crippen LogP contribution in [0.25, 0.3) is 11.0 Å². The Morgan fingerprint density at radius 3 is 2.79 bits per heavy atom. The van der Waals surface area contributed by atoms with Gasteiger partial charge in [0.15, 0.2) is 4.77 Å². The minimum Gasteiger partial charge on any atom is -0.331 e. The summed E-state index contributed by atoms with van der Waals surface area (Å²) in [6, 6.07) is 5.87. The van der Waals surface area contributed by atoms with Crippen molar-refractivity contribution in [3.05, 3.63) is 28.0 Å². The minimum atomic E-state index is 0.759. The molecule has 102 valence electrons. The van der Waals surface area contributed by atoms with Crippen molar-refractivity contribution in [1.29, 1.82) is 0 Å². The number of aromatic amines is 1. The second kappa shape index (κ2) is 5.65. The number of aryl methyl sites for hydroxylation is 1. The minimum absolute atomic E-state index is 0.759. The van der Waals surface area contributed by atoms with Crippen molar-refractivity contribution in [2.75, 3.05) is 19.6 Å². The highest BCUT2D eigenvalue weighted by Gasteiger charge is 2.11. The number of nitrogens with zero attached hydrogens (tertiary/aromatic N) is 2. The summed E-state index contributed by atoms with van der Waals surface area (Å²) in [7, 11) is 0. The summed E-state index contributed by atoms with van der Waals surface area (Å²) in [6.07, 6.45) is 3.83. The lowest BCUT2D eigenvalue weighted by atomic mass is 10.3. The first-order valence-corrected chi connectivity index (χ1v) is 7.63. The second-order valence-corrected chi connectivity index (χ2v) is 5.97. The SMILES string of the molecule is S=c1[nH]c2ccc(Cl)cc2n1CCCN1CCCC1. The maximum atomic E-state index is 6.07. The maximum Gasteiger partial charge on any atom is 0.178 e. The number of likely N-dealkylation sites (tertiary alicyclic amines) is 1. The third kappa shape index (κ3) is 2.86. The Balaban J connectivity index is 1.74. The monoisotopic (exact) mass is 295 g/mol. The summed E-state index contributed by atoms with van der Waals surface area (Å²) in [5, 5.41) is 0.759. The second-order valence-electron chi connectivity index (χ2n) is 5.15. The normalized spacial score (nSPS) is 16.5. The zero-order valence-electron chi connectivity index (χ0n) is 10.9. The Bertz CT molecular complexity index is 625. The average Bonchev–Trinajstić information content (AvgIpc) is 2.99. The largest absolute Gasteiger partial charge is 0.331 e. The van der Waals surface area contributed by atoms with E-state index in [1.165, 1.54) is 25.9 Å². The highest BCUT2D eigenvalue weighted by atomic mass is 35.5. The first-order chi connectivity index (χ1) is 9.24. The number of hydrogen-bond donors (Lipinski definition) is 1. The van der Waals surface area contributed by atoms with Gasteiger partial charge in [-0.3, -0.25) is 0 Å². The number of benzene rings is 1. The Morgan fingerprint density at radius 1 is 1.21 bits per heavy atom. The molecule has 0 radical (unpaired) electrons. The number of H-pyrrole nitrogens is 1. The molecule has 2 heterocycles. The first-order valence-electron chi connectivity index (χ1n) is 6.84. The van der Waals surface area contributed by atoms with E-state index in [2.05, 4.69) is 14.5 Å². The molecule has 0 atom stereocenters. The van der Waals surface area contributed by atoms with Crippen LogP contribution < -0.4 is 0 Å². The van der Waals surface area contributed by atoms with Crippen LogP contribution in [0.3, 0.4) is 0 Å². The van der Waals surface area contributed by atoms with E-state index in [1.807, 2.05) is 18.2 Å². The van der Waals surface area contributed by atoms with Gasteiger partial charge in [-0.1, -0.05) is 11.6 Å². The molecule has 0 spiro atoms. The Labute approximate surface area is 123 Å². The summed E-state index contributed by atoms with van der Waals surface area (Å²) in [5.41, 5.74) is 2.18. The van der Waals surface area contributed by atoms with Gasteiger partial charge < -0.3 is 14.5 Å². The summed E-state index contributed by atoms with van der Waals surface area (Å²) >= 11 is 11.5. The summed E-state index contributed by atoms with van der Waals surface area (Å²) in [4.78, 5) is 5.77. The molecular weight excluding hydrogens is 278 g/mol. The third-order valence-electron chi connectivity index (χ3n) is 3.79. The molecule has 1 aliphatic heterocycles. The number of fused-ring (bicyclic) bond motifs is 1. The number of rotatable bonds is 4. The van der Waals surface area contributed by atoms with Crippen LogP contribution >= 0.6 is 23.8 Å². The number of hydrogen-bond acceptors (Lipinski definition) is 2. The van der Waals surface area contributed by atoms with Crippen LogP contribution in [0.5, 0.6) is 0 Å². The lowest BCUT2D eigenvalue weighted by Gasteiger charge is -2.14. The molecule has 1 N–H and O–H groups in total. The number of halogens is 1. The van der Waals surface area contributed by atoms with Gasteiger partial charge in [0.25, 0.3) is 0 Å². The highest BCUT2D eigenvalue weighted by molar-refractivity contribution is 7.71. The predicted octanol–water partition coefficient (Wildman–Crippen LogP) is 3.84. The van der Waals surface area contributed by atoms with Crippen LogP contribution in [0, 0.1) is 4.77 Å². The smallest absolute Gasteiger partial charge is 0.178 e. The molecule has 0 saturated carbocycles. The van der Waals surface area contributed by atoms with Gasteiger partial charge in [0.2, 0.25) is 0 Å². The average molecular weight is 296 g/mol. The van der Waals surface area contributed by atoms with Crippen LogP contribution in [0.15, 0.2) is 18.2 Å². The van der Waals surface area contributed by atoms with E-state index < -0.39 is 0 Å². The first kappa shape index (κ1) is 13.2. The van der Waals surface area contributed by atoms with Crippen LogP contribution in [0.2, 0.25) is 5.02 Å². The van der Waals surface area contributed by atoms with Gasteiger partial charge in [0.05, 0.1) is 11.0 Å². The zero-order chi connectivity index (χ0) is 13.2. The number of imidazole rings is 1. The summed E-state index contributed by atoms with van der Waals surface area (Å²) in [5.74, 6) is 0. The van der Waals surface area contributed by atoms with Crippen molar-refractivity contribution < 1.29 is 0 Å². The molecule has 1 aromatic carbocycles. The van der Waals surface area contributed by atoms with Gasteiger partial charge in [0.1, 0.15) is 0 Å². The molecule has 0 unspecified atom stereocenters. The number of aromatic nitrogens is 2. The third-order valence-corrected chi connectivity index (χ3v) is 4.35. The van der Waals surface area contributed by atoms with Gasteiger partial charge >= 0.3 is 0 Å². The Hall–Kier alpha value is -0.840.